The second-order valence-corrected chi connectivity index (χ2v) is 6.84. The van der Waals surface area contributed by atoms with Gasteiger partial charge >= 0.3 is 0 Å². The molecule has 3 aromatic rings. The lowest BCUT2D eigenvalue weighted by Crippen LogP contribution is -2.23. The van der Waals surface area contributed by atoms with Gasteiger partial charge in [0.2, 0.25) is 11.1 Å². The van der Waals surface area contributed by atoms with Crippen LogP contribution in [0.1, 0.15) is 12.5 Å². The van der Waals surface area contributed by atoms with E-state index in [1.807, 2.05) is 37.3 Å². The molecule has 1 aromatic carbocycles. The first-order valence-corrected chi connectivity index (χ1v) is 8.57. The lowest BCUT2D eigenvalue weighted by Gasteiger charge is -2.12. The second-order valence-electron chi connectivity index (χ2n) is 5.54. The van der Waals surface area contributed by atoms with Gasteiger partial charge < -0.3 is 11.2 Å². The zero-order valence-electron chi connectivity index (χ0n) is 13.9. The summed E-state index contributed by atoms with van der Waals surface area (Å²) in [4.78, 5) is 16.4. The molecule has 0 aliphatic heterocycles. The third-order valence-electron chi connectivity index (χ3n) is 3.52. The molecule has 0 bridgehead atoms. The largest absolute Gasteiger partial charge is 0.335 e. The number of amides is 1. The van der Waals surface area contributed by atoms with E-state index in [-0.39, 0.29) is 11.2 Å². The Morgan fingerprint density at radius 2 is 2.12 bits per heavy atom. The summed E-state index contributed by atoms with van der Waals surface area (Å²) in [5.74, 6) is 6.45. The minimum atomic E-state index is -0.381. The Morgan fingerprint density at radius 1 is 1.28 bits per heavy atom. The molecular formula is C17H18N6OS. The fourth-order valence-electron chi connectivity index (χ4n) is 2.23. The van der Waals surface area contributed by atoms with Crippen molar-refractivity contribution in [2.24, 2.45) is 0 Å². The number of hydrogen-bond acceptors (Lipinski definition) is 6. The standard InChI is InChI=1S/C17H18N6OS/c1-11-5-3-7-14(9-11)20-16(24)12(2)25-17-22-21-15(23(17)18)13-6-4-8-19-10-13/h3-10,12H,18H2,1-2H3,(H,20,24)/t12-/m0/s1. The normalized spacial score (nSPS) is 11.9. The number of anilines is 1. The van der Waals surface area contributed by atoms with Gasteiger partial charge in [-0.25, -0.2) is 4.68 Å². The molecule has 0 saturated carbocycles. The average Bonchev–Trinajstić information content (AvgIpc) is 2.96. The van der Waals surface area contributed by atoms with Crippen LogP contribution in [0.25, 0.3) is 11.4 Å². The van der Waals surface area contributed by atoms with E-state index < -0.39 is 0 Å². The molecule has 0 radical (unpaired) electrons. The van der Waals surface area contributed by atoms with Crippen molar-refractivity contribution >= 4 is 23.4 Å². The molecular weight excluding hydrogens is 336 g/mol. The van der Waals surface area contributed by atoms with Crippen LogP contribution >= 0.6 is 11.8 Å². The first-order chi connectivity index (χ1) is 12.0. The summed E-state index contributed by atoms with van der Waals surface area (Å²) in [5, 5.41) is 11.1. The number of nitrogens with one attached hydrogen (secondary N) is 1. The summed E-state index contributed by atoms with van der Waals surface area (Å²) >= 11 is 1.25. The van der Waals surface area contributed by atoms with Crippen LogP contribution in [-0.2, 0) is 4.79 Å². The molecule has 0 aliphatic carbocycles. The lowest BCUT2D eigenvalue weighted by molar-refractivity contribution is -0.115. The fraction of sp³-hybridized carbons (Fsp3) is 0.176. The zero-order valence-corrected chi connectivity index (χ0v) is 14.7. The van der Waals surface area contributed by atoms with Gasteiger partial charge in [-0.05, 0) is 43.7 Å². The molecule has 1 amide bonds. The summed E-state index contributed by atoms with van der Waals surface area (Å²) in [5.41, 5.74) is 2.62. The van der Waals surface area contributed by atoms with E-state index in [2.05, 4.69) is 20.5 Å². The van der Waals surface area contributed by atoms with Gasteiger partial charge in [0.25, 0.3) is 0 Å². The van der Waals surface area contributed by atoms with Crippen molar-refractivity contribution < 1.29 is 4.79 Å². The number of aryl methyl sites for hydroxylation is 1. The number of benzene rings is 1. The molecule has 1 atom stereocenters. The second kappa shape index (κ2) is 7.35. The molecule has 0 spiro atoms. The Bertz CT molecular complexity index is 880. The SMILES string of the molecule is Cc1cccc(NC(=O)[C@H](C)Sc2nnc(-c3cccnc3)n2N)c1. The van der Waals surface area contributed by atoms with Crippen LogP contribution < -0.4 is 11.2 Å². The maximum atomic E-state index is 12.4. The zero-order chi connectivity index (χ0) is 17.8. The highest BCUT2D eigenvalue weighted by Gasteiger charge is 2.20. The van der Waals surface area contributed by atoms with Crippen LogP contribution in [0.15, 0.2) is 53.9 Å². The third-order valence-corrected chi connectivity index (χ3v) is 4.58. The Morgan fingerprint density at radius 3 is 2.84 bits per heavy atom. The van der Waals surface area contributed by atoms with Crippen LogP contribution in [0, 0.1) is 6.92 Å². The number of nitrogen functional groups attached to an aromatic ring is 1. The van der Waals surface area contributed by atoms with E-state index in [9.17, 15) is 4.79 Å². The summed E-state index contributed by atoms with van der Waals surface area (Å²) in [7, 11) is 0. The molecule has 128 valence electrons. The topological polar surface area (TPSA) is 98.7 Å². The molecule has 3 N–H and O–H groups in total. The van der Waals surface area contributed by atoms with Crippen LogP contribution in [0.3, 0.4) is 0 Å². The number of aromatic nitrogens is 4. The number of nitrogens with two attached hydrogens (primary N) is 1. The van der Waals surface area contributed by atoms with Crippen molar-refractivity contribution in [1.82, 2.24) is 19.9 Å². The maximum absolute atomic E-state index is 12.4. The van der Waals surface area contributed by atoms with E-state index in [1.54, 1.807) is 25.4 Å². The predicted octanol–water partition coefficient (Wildman–Crippen LogP) is 2.48. The first-order valence-electron chi connectivity index (χ1n) is 7.69. The smallest absolute Gasteiger partial charge is 0.237 e. The summed E-state index contributed by atoms with van der Waals surface area (Å²) in [6.07, 6.45) is 3.34. The summed E-state index contributed by atoms with van der Waals surface area (Å²) in [6.45, 7) is 3.78. The molecule has 3 rings (SSSR count). The highest BCUT2D eigenvalue weighted by molar-refractivity contribution is 8.00. The van der Waals surface area contributed by atoms with Crippen molar-refractivity contribution in [1.29, 1.82) is 0 Å². The van der Waals surface area contributed by atoms with Crippen LogP contribution in [0.2, 0.25) is 0 Å². The number of thioether (sulfide) groups is 1. The highest BCUT2D eigenvalue weighted by Crippen LogP contribution is 2.25. The van der Waals surface area contributed by atoms with Crippen molar-refractivity contribution in [3.63, 3.8) is 0 Å². The molecule has 0 aliphatic rings. The van der Waals surface area contributed by atoms with Gasteiger partial charge in [0, 0.05) is 23.6 Å². The molecule has 0 saturated heterocycles. The average molecular weight is 354 g/mol. The predicted molar refractivity (Wildman–Crippen MR) is 98.5 cm³/mol. The van der Waals surface area contributed by atoms with Gasteiger partial charge in [-0.15, -0.1) is 10.2 Å². The lowest BCUT2D eigenvalue weighted by atomic mass is 10.2. The summed E-state index contributed by atoms with van der Waals surface area (Å²) < 4.78 is 1.37. The Balaban J connectivity index is 1.70. The monoisotopic (exact) mass is 354 g/mol. The number of hydrogen-bond donors (Lipinski definition) is 2. The van der Waals surface area contributed by atoms with Gasteiger partial charge in [0.05, 0.1) is 5.25 Å². The molecule has 8 heteroatoms. The van der Waals surface area contributed by atoms with Crippen LogP contribution in [-0.4, -0.2) is 31.0 Å². The Hall–Kier alpha value is -2.87. The molecule has 0 fully saturated rings. The highest BCUT2D eigenvalue weighted by atomic mass is 32.2. The minimum Gasteiger partial charge on any atom is -0.335 e. The third kappa shape index (κ3) is 3.97. The van der Waals surface area contributed by atoms with E-state index in [4.69, 9.17) is 5.84 Å². The Labute approximate surface area is 149 Å². The maximum Gasteiger partial charge on any atom is 0.237 e. The first kappa shape index (κ1) is 17.0. The molecule has 2 heterocycles. The molecule has 2 aromatic heterocycles. The van der Waals surface area contributed by atoms with E-state index in [0.717, 1.165) is 16.8 Å². The quantitative estimate of drug-likeness (QED) is 0.539. The molecule has 7 nitrogen and oxygen atoms in total. The number of rotatable bonds is 5. The van der Waals surface area contributed by atoms with Crippen LogP contribution in [0.4, 0.5) is 5.69 Å². The molecule has 25 heavy (non-hydrogen) atoms. The van der Waals surface area contributed by atoms with E-state index >= 15 is 0 Å². The number of carbonyl (C=O) groups is 1. The minimum absolute atomic E-state index is 0.124. The summed E-state index contributed by atoms with van der Waals surface area (Å²) in [6, 6.07) is 11.3. The van der Waals surface area contributed by atoms with E-state index in [0.29, 0.717) is 11.0 Å². The van der Waals surface area contributed by atoms with Crippen molar-refractivity contribution in [2.45, 2.75) is 24.3 Å². The van der Waals surface area contributed by atoms with Crippen LogP contribution in [0.5, 0.6) is 0 Å². The molecule has 0 unspecified atom stereocenters. The van der Waals surface area contributed by atoms with E-state index in [1.165, 1.54) is 16.4 Å². The number of nitrogens with zero attached hydrogens (tertiary/aromatic N) is 4. The van der Waals surface area contributed by atoms with Crippen molar-refractivity contribution in [2.75, 3.05) is 11.2 Å². The van der Waals surface area contributed by atoms with Gasteiger partial charge in [-0.3, -0.25) is 9.78 Å². The number of carbonyl (C=O) groups excluding carboxylic acids is 1. The van der Waals surface area contributed by atoms with Crippen molar-refractivity contribution in [3.05, 3.63) is 54.4 Å². The van der Waals surface area contributed by atoms with Gasteiger partial charge in [0.1, 0.15) is 0 Å². The van der Waals surface area contributed by atoms with Crippen molar-refractivity contribution in [3.8, 4) is 11.4 Å². The van der Waals surface area contributed by atoms with Gasteiger partial charge in [-0.2, -0.15) is 0 Å². The van der Waals surface area contributed by atoms with Gasteiger partial charge in [0.15, 0.2) is 5.82 Å². The Kier molecular flexibility index (Phi) is 4.99. The number of pyridine rings is 1. The van der Waals surface area contributed by atoms with Gasteiger partial charge in [-0.1, -0.05) is 23.9 Å². The fourth-order valence-corrected chi connectivity index (χ4v) is 3.00.